The summed E-state index contributed by atoms with van der Waals surface area (Å²) in [6.07, 6.45) is 5.76. The smallest absolute Gasteiger partial charge is 0.131 e. The summed E-state index contributed by atoms with van der Waals surface area (Å²) in [6, 6.07) is 20.6. The quantitative estimate of drug-likeness (QED) is 0.402. The third-order valence-electron chi connectivity index (χ3n) is 6.41. The van der Waals surface area contributed by atoms with Gasteiger partial charge in [-0.15, -0.1) is 0 Å². The number of hydrogen-bond donors (Lipinski definition) is 1. The average molecular weight is 406 g/mol. The topological polar surface area (TPSA) is 21.3 Å². The van der Waals surface area contributed by atoms with Crippen LogP contribution in [0.3, 0.4) is 0 Å². The number of hydrogen-bond acceptors (Lipinski definition) is 2. The van der Waals surface area contributed by atoms with Crippen LogP contribution in [0.5, 0.6) is 5.75 Å². The van der Waals surface area contributed by atoms with Gasteiger partial charge >= 0.3 is 0 Å². The molecule has 0 amide bonds. The van der Waals surface area contributed by atoms with Crippen LogP contribution in [0.4, 0.5) is 4.39 Å². The maximum absolute atomic E-state index is 14.2. The standard InChI is InChI=1S/C27H32FNO/c1-3-4-17-30-23-13-10-20(11-14-23)21-9-12-22(18-21)29-19(2)24-15-16-27(28)26-8-6-5-7-25(24)26/h5-8,10-11,13-16,19,21-22,29H,3-4,9,12,17-18H2,1-2H3/t19-,21+,22?/m1/s1. The van der Waals surface area contributed by atoms with Crippen molar-refractivity contribution in [3.63, 3.8) is 0 Å². The van der Waals surface area contributed by atoms with Gasteiger partial charge < -0.3 is 10.1 Å². The molecule has 4 rings (SSSR count). The van der Waals surface area contributed by atoms with Gasteiger partial charge in [-0.05, 0) is 73.2 Å². The molecule has 1 fully saturated rings. The van der Waals surface area contributed by atoms with E-state index >= 15 is 0 Å². The highest BCUT2D eigenvalue weighted by Crippen LogP contribution is 2.36. The van der Waals surface area contributed by atoms with E-state index in [-0.39, 0.29) is 11.9 Å². The molecule has 0 aliphatic heterocycles. The predicted molar refractivity (Wildman–Crippen MR) is 123 cm³/mol. The molecule has 1 aliphatic carbocycles. The van der Waals surface area contributed by atoms with Crippen molar-refractivity contribution in [2.75, 3.05) is 6.61 Å². The first-order valence-electron chi connectivity index (χ1n) is 11.3. The number of fused-ring (bicyclic) bond motifs is 1. The Morgan fingerprint density at radius 2 is 1.77 bits per heavy atom. The normalized spacial score (nSPS) is 19.8. The molecule has 1 saturated carbocycles. The Balaban J connectivity index is 1.38. The van der Waals surface area contributed by atoms with Gasteiger partial charge in [0.05, 0.1) is 6.61 Å². The minimum Gasteiger partial charge on any atom is -0.494 e. The molecule has 3 heteroatoms. The van der Waals surface area contributed by atoms with Crippen LogP contribution in [0.25, 0.3) is 10.8 Å². The van der Waals surface area contributed by atoms with Crippen LogP contribution in [0.15, 0.2) is 60.7 Å². The third-order valence-corrected chi connectivity index (χ3v) is 6.41. The Bertz CT molecular complexity index is 968. The van der Waals surface area contributed by atoms with Crippen molar-refractivity contribution >= 4 is 10.8 Å². The van der Waals surface area contributed by atoms with E-state index in [9.17, 15) is 4.39 Å². The molecule has 0 saturated heterocycles. The second-order valence-corrected chi connectivity index (χ2v) is 8.55. The molecule has 30 heavy (non-hydrogen) atoms. The first kappa shape index (κ1) is 20.9. The molecule has 3 aromatic carbocycles. The fraction of sp³-hybridized carbons (Fsp3) is 0.407. The molecule has 1 aliphatic rings. The highest BCUT2D eigenvalue weighted by Gasteiger charge is 2.27. The Morgan fingerprint density at radius 3 is 2.53 bits per heavy atom. The van der Waals surface area contributed by atoms with Crippen molar-refractivity contribution < 1.29 is 9.13 Å². The van der Waals surface area contributed by atoms with Crippen LogP contribution in [0.1, 0.15) is 69.0 Å². The van der Waals surface area contributed by atoms with E-state index in [0.717, 1.165) is 37.0 Å². The Labute approximate surface area is 179 Å². The van der Waals surface area contributed by atoms with Gasteiger partial charge in [0, 0.05) is 17.5 Å². The molecule has 0 heterocycles. The molecule has 0 aromatic heterocycles. The molecule has 3 atom stereocenters. The van der Waals surface area contributed by atoms with Gasteiger partial charge in [-0.2, -0.15) is 0 Å². The Hall–Kier alpha value is -2.39. The first-order chi connectivity index (χ1) is 14.7. The predicted octanol–water partition coefficient (Wildman–Crippen LogP) is 7.14. The summed E-state index contributed by atoms with van der Waals surface area (Å²) in [5.74, 6) is 1.41. The van der Waals surface area contributed by atoms with E-state index in [2.05, 4.69) is 43.4 Å². The van der Waals surface area contributed by atoms with Crippen LogP contribution in [-0.2, 0) is 0 Å². The van der Waals surface area contributed by atoms with Crippen molar-refractivity contribution in [3.8, 4) is 5.75 Å². The van der Waals surface area contributed by atoms with Crippen molar-refractivity contribution in [2.45, 2.75) is 64.0 Å². The van der Waals surface area contributed by atoms with Gasteiger partial charge in [0.15, 0.2) is 0 Å². The molecule has 1 unspecified atom stereocenters. The van der Waals surface area contributed by atoms with Crippen LogP contribution in [-0.4, -0.2) is 12.6 Å². The van der Waals surface area contributed by atoms with Gasteiger partial charge in [0.2, 0.25) is 0 Å². The average Bonchev–Trinajstić information content (AvgIpc) is 3.23. The van der Waals surface area contributed by atoms with Crippen molar-refractivity contribution in [1.82, 2.24) is 5.32 Å². The Morgan fingerprint density at radius 1 is 1.00 bits per heavy atom. The monoisotopic (exact) mass is 405 g/mol. The molecule has 0 spiro atoms. The lowest BCUT2D eigenvalue weighted by molar-refractivity contribution is 0.309. The summed E-state index contributed by atoms with van der Waals surface area (Å²) < 4.78 is 20.0. The van der Waals surface area contributed by atoms with E-state index in [0.29, 0.717) is 17.3 Å². The van der Waals surface area contributed by atoms with Gasteiger partial charge in [-0.1, -0.05) is 55.8 Å². The Kier molecular flexibility index (Phi) is 6.69. The van der Waals surface area contributed by atoms with Crippen molar-refractivity contribution in [2.24, 2.45) is 0 Å². The molecule has 0 bridgehead atoms. The molecule has 158 valence electrons. The zero-order valence-electron chi connectivity index (χ0n) is 18.0. The van der Waals surface area contributed by atoms with E-state index in [1.807, 2.05) is 30.3 Å². The van der Waals surface area contributed by atoms with Crippen LogP contribution >= 0.6 is 0 Å². The lowest BCUT2D eigenvalue weighted by Crippen LogP contribution is -2.29. The van der Waals surface area contributed by atoms with Crippen LogP contribution in [0, 0.1) is 5.82 Å². The highest BCUT2D eigenvalue weighted by molar-refractivity contribution is 5.86. The molecule has 0 radical (unpaired) electrons. The third kappa shape index (κ3) is 4.67. The van der Waals surface area contributed by atoms with Gasteiger partial charge in [-0.3, -0.25) is 0 Å². The number of ether oxygens (including phenoxy) is 1. The molecule has 1 N–H and O–H groups in total. The summed E-state index contributed by atoms with van der Waals surface area (Å²) in [4.78, 5) is 0. The van der Waals surface area contributed by atoms with E-state index < -0.39 is 0 Å². The number of unbranched alkanes of at least 4 members (excludes halogenated alkanes) is 1. The lowest BCUT2D eigenvalue weighted by atomic mass is 9.96. The number of halogens is 1. The van der Waals surface area contributed by atoms with E-state index in [1.165, 1.54) is 24.0 Å². The summed E-state index contributed by atoms with van der Waals surface area (Å²) in [6.45, 7) is 5.16. The van der Waals surface area contributed by atoms with Crippen molar-refractivity contribution in [3.05, 3.63) is 77.6 Å². The van der Waals surface area contributed by atoms with E-state index in [4.69, 9.17) is 4.74 Å². The SMILES string of the molecule is CCCCOc1ccc([C@H]2CCC(N[C@H](C)c3ccc(F)c4ccccc34)C2)cc1. The van der Waals surface area contributed by atoms with Gasteiger partial charge in [0.1, 0.15) is 11.6 Å². The first-order valence-corrected chi connectivity index (χ1v) is 11.3. The van der Waals surface area contributed by atoms with E-state index in [1.54, 1.807) is 6.07 Å². The maximum Gasteiger partial charge on any atom is 0.131 e. The second-order valence-electron chi connectivity index (χ2n) is 8.55. The summed E-state index contributed by atoms with van der Waals surface area (Å²) in [7, 11) is 0. The second kappa shape index (κ2) is 9.61. The summed E-state index contributed by atoms with van der Waals surface area (Å²) in [5.41, 5.74) is 2.58. The lowest BCUT2D eigenvalue weighted by Gasteiger charge is -2.22. The molecule has 3 aromatic rings. The zero-order valence-corrected chi connectivity index (χ0v) is 18.0. The minimum absolute atomic E-state index is 0.149. The number of rotatable bonds is 8. The van der Waals surface area contributed by atoms with Gasteiger partial charge in [-0.25, -0.2) is 4.39 Å². The number of benzene rings is 3. The molecular formula is C27H32FNO. The fourth-order valence-electron chi connectivity index (χ4n) is 4.71. The largest absolute Gasteiger partial charge is 0.494 e. The molecule has 2 nitrogen and oxygen atoms in total. The zero-order chi connectivity index (χ0) is 20.9. The summed E-state index contributed by atoms with van der Waals surface area (Å²) >= 11 is 0. The van der Waals surface area contributed by atoms with Crippen LogP contribution in [0.2, 0.25) is 0 Å². The van der Waals surface area contributed by atoms with Crippen LogP contribution < -0.4 is 10.1 Å². The number of nitrogens with one attached hydrogen (secondary N) is 1. The molecular weight excluding hydrogens is 373 g/mol. The van der Waals surface area contributed by atoms with Gasteiger partial charge in [0.25, 0.3) is 0 Å². The highest BCUT2D eigenvalue weighted by atomic mass is 19.1. The summed E-state index contributed by atoms with van der Waals surface area (Å²) in [5, 5.41) is 5.51. The maximum atomic E-state index is 14.2. The minimum atomic E-state index is -0.149. The fourth-order valence-corrected chi connectivity index (χ4v) is 4.71. The van der Waals surface area contributed by atoms with Crippen molar-refractivity contribution in [1.29, 1.82) is 0 Å².